The van der Waals surface area contributed by atoms with Crippen molar-refractivity contribution in [1.29, 1.82) is 0 Å². The highest BCUT2D eigenvalue weighted by atomic mass is 15.2. The van der Waals surface area contributed by atoms with Crippen LogP contribution in [0.2, 0.25) is 0 Å². The molecule has 0 amide bonds. The van der Waals surface area contributed by atoms with E-state index >= 15 is 0 Å². The third kappa shape index (κ3) is 6.09. The first-order valence-electron chi connectivity index (χ1n) is 28.5. The fourth-order valence-electron chi connectivity index (χ4n) is 15.8. The monoisotopic (exact) mass is 1020 g/mol. The number of anilines is 6. The Kier molecular flexibility index (Phi) is 9.74. The van der Waals surface area contributed by atoms with Crippen LogP contribution in [0.5, 0.6) is 0 Å². The van der Waals surface area contributed by atoms with Gasteiger partial charge in [0.05, 0.1) is 11.4 Å². The highest BCUT2D eigenvalue weighted by molar-refractivity contribution is 6.13. The molecule has 80 heavy (non-hydrogen) atoms. The second-order valence-electron chi connectivity index (χ2n) is 24.2. The minimum absolute atomic E-state index is 0.162. The zero-order valence-corrected chi connectivity index (χ0v) is 46.1. The van der Waals surface area contributed by atoms with Gasteiger partial charge in [0.25, 0.3) is 0 Å². The second-order valence-corrected chi connectivity index (χ2v) is 24.2. The SMILES string of the molecule is CC1(C)c2ccccc2-c2ccc(N(c3ccccc3)c3cc4c(c5ccccc35)-c3ccccc3C4(C)C3(C)c4ccccc4-c4c3cc(N(c3ccccc3)c3ccc5c(c3)C(C)(C)c3ccccc3-5)c3ccccc43)cc21. The molecule has 0 spiro atoms. The Morgan fingerprint density at radius 1 is 0.225 bits per heavy atom. The lowest BCUT2D eigenvalue weighted by Crippen LogP contribution is -2.44. The largest absolute Gasteiger partial charge is 0.310 e. The van der Waals surface area contributed by atoms with Gasteiger partial charge in [-0.3, -0.25) is 0 Å². The predicted octanol–water partition coefficient (Wildman–Crippen LogP) is 20.8. The molecule has 0 radical (unpaired) electrons. The molecule has 2 heteroatoms. The smallest absolute Gasteiger partial charge is 0.0543 e. The molecule has 0 heterocycles. The van der Waals surface area contributed by atoms with Crippen LogP contribution in [0.4, 0.5) is 34.1 Å². The number of rotatable bonds is 7. The fraction of sp³-hybridized carbons (Fsp3) is 0.128. The van der Waals surface area contributed by atoms with Gasteiger partial charge < -0.3 is 9.80 Å². The third-order valence-electron chi connectivity index (χ3n) is 19.8. The molecule has 0 aromatic heterocycles. The van der Waals surface area contributed by atoms with Crippen LogP contribution in [0.15, 0.2) is 255 Å². The summed E-state index contributed by atoms with van der Waals surface area (Å²) in [5, 5.41) is 4.97. The highest BCUT2D eigenvalue weighted by Gasteiger charge is 2.58. The van der Waals surface area contributed by atoms with Crippen molar-refractivity contribution in [2.45, 2.75) is 63.2 Å². The van der Waals surface area contributed by atoms with Gasteiger partial charge in [0, 0.05) is 55.2 Å². The van der Waals surface area contributed by atoms with Crippen molar-refractivity contribution in [2.75, 3.05) is 9.80 Å². The van der Waals surface area contributed by atoms with Gasteiger partial charge in [-0.1, -0.05) is 236 Å². The van der Waals surface area contributed by atoms with Gasteiger partial charge in [-0.05, 0) is 160 Å². The quantitative estimate of drug-likeness (QED) is 0.157. The van der Waals surface area contributed by atoms with Crippen LogP contribution >= 0.6 is 0 Å². The molecule has 4 aliphatic carbocycles. The first-order valence-corrected chi connectivity index (χ1v) is 28.5. The number of benzene rings is 12. The van der Waals surface area contributed by atoms with E-state index in [-0.39, 0.29) is 10.8 Å². The molecular formula is C78H60N2. The highest BCUT2D eigenvalue weighted by Crippen LogP contribution is 2.68. The van der Waals surface area contributed by atoms with Gasteiger partial charge in [0.1, 0.15) is 0 Å². The molecule has 0 N–H and O–H groups in total. The summed E-state index contributed by atoms with van der Waals surface area (Å²) in [7, 11) is 0. The molecular weight excluding hydrogens is 965 g/mol. The van der Waals surface area contributed by atoms with Crippen LogP contribution in [-0.4, -0.2) is 0 Å². The molecule has 382 valence electrons. The molecule has 16 rings (SSSR count). The summed E-state index contributed by atoms with van der Waals surface area (Å²) < 4.78 is 0. The van der Waals surface area contributed by atoms with Gasteiger partial charge in [-0.25, -0.2) is 0 Å². The lowest BCUT2D eigenvalue weighted by atomic mass is 9.56. The molecule has 0 aliphatic heterocycles. The summed E-state index contributed by atoms with van der Waals surface area (Å²) in [5.74, 6) is 0. The molecule has 12 aromatic carbocycles. The standard InChI is InChI=1S/C78H60N2/c1-75(2)63-37-21-17-29-53(63)55-43-41-51(45-67(55)75)79(49-25-9-7-10-26-49)71-47-69-73(59-33-15-13-31-57(59)71)61-35-19-23-39-65(61)77(69,5)78(6)66-40-24-20-36-62(66)74-60-34-16-14-32-58(60)72(48-70(74)78)80(50-27-11-8-12-28-50)52-42-44-56-54-30-18-22-38-64(54)76(3,4)68(56)46-52/h7-48H,1-6H3. The summed E-state index contributed by atoms with van der Waals surface area (Å²) in [5.41, 5.74) is 26.8. The molecule has 0 saturated carbocycles. The van der Waals surface area contributed by atoms with Gasteiger partial charge in [-0.15, -0.1) is 0 Å². The van der Waals surface area contributed by atoms with E-state index in [0.29, 0.717) is 0 Å². The first-order chi connectivity index (χ1) is 39.0. The second kappa shape index (κ2) is 16.6. The zero-order chi connectivity index (χ0) is 53.9. The Bertz CT molecular complexity index is 4290. The molecule has 0 bridgehead atoms. The Hall–Kier alpha value is -9.24. The maximum absolute atomic E-state index is 2.60. The lowest BCUT2D eigenvalue weighted by Gasteiger charge is -2.46. The zero-order valence-electron chi connectivity index (χ0n) is 46.1. The summed E-state index contributed by atoms with van der Waals surface area (Å²) in [4.78, 5) is 5.09. The van der Waals surface area contributed by atoms with Crippen LogP contribution in [0.3, 0.4) is 0 Å². The molecule has 2 atom stereocenters. The van der Waals surface area contributed by atoms with Crippen molar-refractivity contribution < 1.29 is 0 Å². The van der Waals surface area contributed by atoms with Crippen molar-refractivity contribution in [3.63, 3.8) is 0 Å². The molecule has 0 fully saturated rings. The van der Waals surface area contributed by atoms with Gasteiger partial charge >= 0.3 is 0 Å². The van der Waals surface area contributed by atoms with Crippen molar-refractivity contribution in [3.05, 3.63) is 299 Å². The van der Waals surface area contributed by atoms with Crippen LogP contribution in [-0.2, 0) is 21.7 Å². The normalized spacial score (nSPS) is 17.9. The van der Waals surface area contributed by atoms with Crippen LogP contribution in [0, 0.1) is 0 Å². The first kappa shape index (κ1) is 46.8. The Morgan fingerprint density at radius 2 is 0.537 bits per heavy atom. The van der Waals surface area contributed by atoms with Crippen LogP contribution in [0.25, 0.3) is 66.1 Å². The van der Waals surface area contributed by atoms with Gasteiger partial charge in [0.15, 0.2) is 0 Å². The molecule has 0 saturated heterocycles. The number of hydrogen-bond donors (Lipinski definition) is 0. The van der Waals surface area contributed by atoms with E-state index in [1.165, 1.54) is 122 Å². The molecule has 12 aromatic rings. The van der Waals surface area contributed by atoms with E-state index in [0.717, 1.165) is 22.7 Å². The minimum Gasteiger partial charge on any atom is -0.310 e. The number of para-hydroxylation sites is 2. The van der Waals surface area contributed by atoms with Crippen molar-refractivity contribution in [3.8, 4) is 44.5 Å². The Labute approximate surface area is 469 Å². The maximum Gasteiger partial charge on any atom is 0.0543 e. The number of hydrogen-bond acceptors (Lipinski definition) is 2. The van der Waals surface area contributed by atoms with E-state index in [4.69, 9.17) is 0 Å². The predicted molar refractivity (Wildman–Crippen MR) is 336 cm³/mol. The average Bonchev–Trinajstić information content (AvgIpc) is 2.95. The summed E-state index contributed by atoms with van der Waals surface area (Å²) >= 11 is 0. The van der Waals surface area contributed by atoms with Gasteiger partial charge in [-0.2, -0.15) is 0 Å². The topological polar surface area (TPSA) is 6.48 Å². The fourth-order valence-corrected chi connectivity index (χ4v) is 15.8. The van der Waals surface area contributed by atoms with Crippen molar-refractivity contribution in [2.24, 2.45) is 0 Å². The Balaban J connectivity index is 0.969. The van der Waals surface area contributed by atoms with E-state index in [1.54, 1.807) is 0 Å². The van der Waals surface area contributed by atoms with Crippen LogP contribution in [0.1, 0.15) is 86.1 Å². The Morgan fingerprint density at radius 3 is 0.938 bits per heavy atom. The number of nitrogens with zero attached hydrogens (tertiary/aromatic N) is 2. The molecule has 2 unspecified atom stereocenters. The molecule has 2 nitrogen and oxygen atoms in total. The van der Waals surface area contributed by atoms with Gasteiger partial charge in [0.2, 0.25) is 0 Å². The summed E-state index contributed by atoms with van der Waals surface area (Å²) in [6.07, 6.45) is 0. The van der Waals surface area contributed by atoms with Crippen molar-refractivity contribution in [1.82, 2.24) is 0 Å². The summed E-state index contributed by atoms with van der Waals surface area (Å²) in [6.45, 7) is 14.7. The lowest BCUT2D eigenvalue weighted by molar-refractivity contribution is 0.376. The van der Waals surface area contributed by atoms with E-state index in [9.17, 15) is 0 Å². The summed E-state index contributed by atoms with van der Waals surface area (Å²) in [6, 6.07) is 96.8. The van der Waals surface area contributed by atoms with Crippen molar-refractivity contribution >= 4 is 55.7 Å². The maximum atomic E-state index is 2.60. The van der Waals surface area contributed by atoms with E-state index < -0.39 is 10.8 Å². The average molecular weight is 1030 g/mol. The third-order valence-corrected chi connectivity index (χ3v) is 19.8. The van der Waals surface area contributed by atoms with Crippen LogP contribution < -0.4 is 9.80 Å². The minimum atomic E-state index is -0.580. The number of fused-ring (bicyclic) bond motifs is 16. The van der Waals surface area contributed by atoms with E-state index in [2.05, 4.69) is 306 Å². The van der Waals surface area contributed by atoms with E-state index in [1.807, 2.05) is 0 Å². The molecule has 4 aliphatic rings.